The molecular weight excluding hydrogens is 340 g/mol. The molecule has 132 valence electrons. The third-order valence-electron chi connectivity index (χ3n) is 5.37. The average molecular weight is 362 g/mol. The van der Waals surface area contributed by atoms with Crippen molar-refractivity contribution in [3.05, 3.63) is 83.4 Å². The van der Waals surface area contributed by atoms with Gasteiger partial charge in [-0.15, -0.1) is 0 Å². The summed E-state index contributed by atoms with van der Waals surface area (Å²) in [6.07, 6.45) is 2.10. The molecule has 0 spiro atoms. The summed E-state index contributed by atoms with van der Waals surface area (Å²) in [5, 5.41) is 0. The van der Waals surface area contributed by atoms with Gasteiger partial charge in [0.15, 0.2) is 0 Å². The Labute approximate surface area is 155 Å². The van der Waals surface area contributed by atoms with Gasteiger partial charge in [-0.3, -0.25) is 0 Å². The lowest BCUT2D eigenvalue weighted by Gasteiger charge is -2.29. The highest BCUT2D eigenvalue weighted by molar-refractivity contribution is 7.91. The van der Waals surface area contributed by atoms with Crippen LogP contribution in [0.3, 0.4) is 0 Å². The lowest BCUT2D eigenvalue weighted by molar-refractivity contribution is 0.580. The highest BCUT2D eigenvalue weighted by atomic mass is 32.2. The van der Waals surface area contributed by atoms with Crippen molar-refractivity contribution >= 4 is 9.84 Å². The molecule has 0 amide bonds. The predicted molar refractivity (Wildman–Crippen MR) is 105 cm³/mol. The SMILES string of the molecule is CCC1Cc2cc(S(=O)(=O)c3ccc(-c4ccc(C)cc4)cc3)ccc21. The lowest BCUT2D eigenvalue weighted by Crippen LogP contribution is -2.17. The minimum Gasteiger partial charge on any atom is -0.219 e. The second-order valence-corrected chi connectivity index (χ2v) is 9.01. The first kappa shape index (κ1) is 17.0. The number of hydrogen-bond donors (Lipinski definition) is 0. The lowest BCUT2D eigenvalue weighted by atomic mass is 9.76. The smallest absolute Gasteiger partial charge is 0.206 e. The number of fused-ring (bicyclic) bond motifs is 1. The summed E-state index contributed by atoms with van der Waals surface area (Å²) in [6, 6.07) is 21.0. The molecule has 0 aliphatic heterocycles. The number of sulfone groups is 1. The largest absolute Gasteiger partial charge is 0.219 e. The molecule has 26 heavy (non-hydrogen) atoms. The molecule has 3 heteroatoms. The highest BCUT2D eigenvalue weighted by Crippen LogP contribution is 2.39. The van der Waals surface area contributed by atoms with E-state index in [9.17, 15) is 8.42 Å². The van der Waals surface area contributed by atoms with E-state index in [1.54, 1.807) is 18.2 Å². The summed E-state index contributed by atoms with van der Waals surface area (Å²) < 4.78 is 25.9. The normalized spacial score (nSPS) is 16.0. The Hall–Kier alpha value is -2.39. The average Bonchev–Trinajstić information content (AvgIpc) is 2.63. The van der Waals surface area contributed by atoms with Crippen molar-refractivity contribution in [2.24, 2.45) is 0 Å². The van der Waals surface area contributed by atoms with Crippen LogP contribution in [0.2, 0.25) is 0 Å². The van der Waals surface area contributed by atoms with Gasteiger partial charge in [-0.2, -0.15) is 0 Å². The van der Waals surface area contributed by atoms with Crippen molar-refractivity contribution < 1.29 is 8.42 Å². The third kappa shape index (κ3) is 2.86. The van der Waals surface area contributed by atoms with Crippen LogP contribution in [0.1, 0.15) is 36.0 Å². The molecular formula is C23H22O2S. The minimum absolute atomic E-state index is 0.347. The Bertz CT molecular complexity index is 1050. The van der Waals surface area contributed by atoms with Gasteiger partial charge < -0.3 is 0 Å². The second kappa shape index (κ2) is 6.40. The van der Waals surface area contributed by atoms with Crippen LogP contribution < -0.4 is 0 Å². The molecule has 3 aromatic carbocycles. The fraction of sp³-hybridized carbons (Fsp3) is 0.217. The Morgan fingerprint density at radius 1 is 0.846 bits per heavy atom. The van der Waals surface area contributed by atoms with Gasteiger partial charge in [0.05, 0.1) is 9.79 Å². The second-order valence-electron chi connectivity index (χ2n) is 7.06. The number of hydrogen-bond acceptors (Lipinski definition) is 2. The van der Waals surface area contributed by atoms with Crippen molar-refractivity contribution in [3.8, 4) is 11.1 Å². The molecule has 0 saturated heterocycles. The molecule has 0 aromatic heterocycles. The topological polar surface area (TPSA) is 34.1 Å². The van der Waals surface area contributed by atoms with Crippen LogP contribution >= 0.6 is 0 Å². The maximum absolute atomic E-state index is 13.0. The quantitative estimate of drug-likeness (QED) is 0.610. The van der Waals surface area contributed by atoms with E-state index >= 15 is 0 Å². The van der Waals surface area contributed by atoms with Crippen molar-refractivity contribution in [2.75, 3.05) is 0 Å². The Kier molecular flexibility index (Phi) is 4.20. The van der Waals surface area contributed by atoms with E-state index in [-0.39, 0.29) is 0 Å². The zero-order valence-corrected chi connectivity index (χ0v) is 15.9. The summed E-state index contributed by atoms with van der Waals surface area (Å²) in [6.45, 7) is 4.23. The van der Waals surface area contributed by atoms with Crippen LogP contribution in [0.25, 0.3) is 11.1 Å². The molecule has 1 atom stereocenters. The minimum atomic E-state index is -3.47. The molecule has 0 heterocycles. The van der Waals surface area contributed by atoms with Crippen LogP contribution in [-0.2, 0) is 16.3 Å². The van der Waals surface area contributed by atoms with Gasteiger partial charge in [-0.05, 0) is 72.2 Å². The van der Waals surface area contributed by atoms with E-state index in [1.807, 2.05) is 24.3 Å². The van der Waals surface area contributed by atoms with Gasteiger partial charge in [0.25, 0.3) is 0 Å². The molecule has 1 aliphatic rings. The first-order valence-electron chi connectivity index (χ1n) is 9.04. The van der Waals surface area contributed by atoms with Gasteiger partial charge in [0.2, 0.25) is 9.84 Å². The third-order valence-corrected chi connectivity index (χ3v) is 7.14. The molecule has 0 N–H and O–H groups in total. The first-order valence-corrected chi connectivity index (χ1v) is 10.5. The maximum atomic E-state index is 13.0. The zero-order valence-electron chi connectivity index (χ0n) is 15.1. The summed E-state index contributed by atoms with van der Waals surface area (Å²) in [7, 11) is -3.47. The standard InChI is InChI=1S/C23H22O2S/c1-3-17-14-20-15-22(12-13-23(17)20)26(24,25)21-10-8-19(9-11-21)18-6-4-16(2)5-7-18/h4-13,15,17H,3,14H2,1-2H3. The predicted octanol–water partition coefficient (Wildman–Crippen LogP) is 5.54. The molecule has 0 radical (unpaired) electrons. The Morgan fingerprint density at radius 3 is 2.00 bits per heavy atom. The molecule has 2 nitrogen and oxygen atoms in total. The fourth-order valence-electron chi connectivity index (χ4n) is 3.64. The van der Waals surface area contributed by atoms with Crippen LogP contribution in [0.4, 0.5) is 0 Å². The Balaban J connectivity index is 1.64. The van der Waals surface area contributed by atoms with Crippen LogP contribution in [0.15, 0.2) is 76.5 Å². The first-order chi connectivity index (χ1) is 12.5. The Morgan fingerprint density at radius 2 is 1.42 bits per heavy atom. The molecule has 1 aliphatic carbocycles. The molecule has 0 saturated carbocycles. The number of benzene rings is 3. The molecule has 0 bridgehead atoms. The van der Waals surface area contributed by atoms with E-state index in [1.165, 1.54) is 16.7 Å². The van der Waals surface area contributed by atoms with Crippen molar-refractivity contribution in [1.82, 2.24) is 0 Å². The fourth-order valence-corrected chi connectivity index (χ4v) is 4.95. The number of rotatable bonds is 4. The van der Waals surface area contributed by atoms with Crippen LogP contribution in [-0.4, -0.2) is 8.42 Å². The highest BCUT2D eigenvalue weighted by Gasteiger charge is 2.27. The number of aryl methyl sites for hydroxylation is 1. The van der Waals surface area contributed by atoms with E-state index in [4.69, 9.17) is 0 Å². The van der Waals surface area contributed by atoms with E-state index < -0.39 is 9.84 Å². The van der Waals surface area contributed by atoms with Gasteiger partial charge in [-0.25, -0.2) is 8.42 Å². The molecule has 3 aromatic rings. The van der Waals surface area contributed by atoms with Gasteiger partial charge in [-0.1, -0.05) is 55.0 Å². The van der Waals surface area contributed by atoms with Crippen molar-refractivity contribution in [3.63, 3.8) is 0 Å². The van der Waals surface area contributed by atoms with Crippen LogP contribution in [0.5, 0.6) is 0 Å². The van der Waals surface area contributed by atoms with E-state index in [2.05, 4.69) is 38.1 Å². The molecule has 4 rings (SSSR count). The van der Waals surface area contributed by atoms with Gasteiger partial charge >= 0.3 is 0 Å². The molecule has 1 unspecified atom stereocenters. The maximum Gasteiger partial charge on any atom is 0.206 e. The zero-order chi connectivity index (χ0) is 18.3. The summed E-state index contributed by atoms with van der Waals surface area (Å²) in [4.78, 5) is 0.744. The summed E-state index contributed by atoms with van der Waals surface area (Å²) in [5.74, 6) is 0.593. The molecule has 0 fully saturated rings. The van der Waals surface area contributed by atoms with Gasteiger partial charge in [0.1, 0.15) is 0 Å². The monoisotopic (exact) mass is 362 g/mol. The van der Waals surface area contributed by atoms with Gasteiger partial charge in [0, 0.05) is 0 Å². The van der Waals surface area contributed by atoms with Crippen molar-refractivity contribution in [2.45, 2.75) is 42.4 Å². The summed E-state index contributed by atoms with van der Waals surface area (Å²) >= 11 is 0. The van der Waals surface area contributed by atoms with E-state index in [0.29, 0.717) is 15.7 Å². The van der Waals surface area contributed by atoms with Crippen molar-refractivity contribution in [1.29, 1.82) is 0 Å². The summed E-state index contributed by atoms with van der Waals surface area (Å²) in [5.41, 5.74) is 5.80. The van der Waals surface area contributed by atoms with Crippen LogP contribution in [0, 0.1) is 6.92 Å². The van der Waals surface area contributed by atoms with E-state index in [0.717, 1.165) is 24.0 Å².